The Morgan fingerprint density at radius 1 is 1.04 bits per heavy atom. The molecule has 2 amide bonds. The predicted octanol–water partition coefficient (Wildman–Crippen LogP) is 1.98. The van der Waals surface area contributed by atoms with Crippen LogP contribution in [-0.4, -0.2) is 31.0 Å². The van der Waals surface area contributed by atoms with Gasteiger partial charge in [-0.25, -0.2) is 4.79 Å². The van der Waals surface area contributed by atoms with E-state index >= 15 is 0 Å². The van der Waals surface area contributed by atoms with Gasteiger partial charge in [0.05, 0.1) is 18.4 Å². The van der Waals surface area contributed by atoms with Crippen molar-refractivity contribution < 1.29 is 23.9 Å². The molecule has 0 aliphatic rings. The summed E-state index contributed by atoms with van der Waals surface area (Å²) in [6.45, 7) is 1.37. The molecule has 3 N–H and O–H groups in total. The van der Waals surface area contributed by atoms with E-state index in [0.717, 1.165) is 0 Å². The van der Waals surface area contributed by atoms with Crippen LogP contribution in [-0.2, 0) is 9.53 Å². The Kier molecular flexibility index (Phi) is 5.73. The van der Waals surface area contributed by atoms with Gasteiger partial charge in [-0.2, -0.15) is 0 Å². The van der Waals surface area contributed by atoms with Crippen LogP contribution in [0.15, 0.2) is 48.5 Å². The van der Waals surface area contributed by atoms with E-state index < -0.39 is 23.9 Å². The van der Waals surface area contributed by atoms with Crippen molar-refractivity contribution in [3.8, 4) is 5.75 Å². The number of esters is 1. The molecule has 1 unspecified atom stereocenters. The molecule has 7 nitrogen and oxygen atoms in total. The number of anilines is 1. The average molecular weight is 342 g/mol. The number of primary amides is 1. The van der Waals surface area contributed by atoms with Crippen LogP contribution in [0.1, 0.15) is 27.6 Å². The Morgan fingerprint density at radius 3 is 2.28 bits per heavy atom. The first-order chi connectivity index (χ1) is 11.9. The van der Waals surface area contributed by atoms with Crippen molar-refractivity contribution in [2.24, 2.45) is 5.73 Å². The van der Waals surface area contributed by atoms with Crippen molar-refractivity contribution in [2.75, 3.05) is 12.4 Å². The first-order valence-electron chi connectivity index (χ1n) is 7.47. The van der Waals surface area contributed by atoms with Crippen LogP contribution < -0.4 is 15.8 Å². The quantitative estimate of drug-likeness (QED) is 0.781. The minimum atomic E-state index is -1.07. The van der Waals surface area contributed by atoms with Crippen molar-refractivity contribution in [1.29, 1.82) is 0 Å². The number of amides is 2. The molecule has 2 aromatic rings. The molecule has 7 heteroatoms. The SMILES string of the molecule is COc1ccc(C(=O)Nc2ccccc2C(=O)OC(C)C(N)=O)cc1. The third kappa shape index (κ3) is 4.57. The Bertz CT molecular complexity index is 786. The van der Waals surface area contributed by atoms with Crippen molar-refractivity contribution in [3.63, 3.8) is 0 Å². The first kappa shape index (κ1) is 18.0. The van der Waals surface area contributed by atoms with Crippen LogP contribution in [0, 0.1) is 0 Å². The van der Waals surface area contributed by atoms with Crippen molar-refractivity contribution in [2.45, 2.75) is 13.0 Å². The van der Waals surface area contributed by atoms with Gasteiger partial charge in [0, 0.05) is 5.56 Å². The second-order valence-electron chi connectivity index (χ2n) is 5.18. The standard InChI is InChI=1S/C18H18N2O5/c1-11(16(19)21)25-18(23)14-5-3-4-6-15(14)20-17(22)12-7-9-13(24-2)10-8-12/h3-11H,1-2H3,(H2,19,21)(H,20,22). The summed E-state index contributed by atoms with van der Waals surface area (Å²) in [5.74, 6) is -1.28. The molecule has 1 atom stereocenters. The highest BCUT2D eigenvalue weighted by Crippen LogP contribution is 2.19. The largest absolute Gasteiger partial charge is 0.497 e. The maximum absolute atomic E-state index is 12.3. The summed E-state index contributed by atoms with van der Waals surface area (Å²) >= 11 is 0. The van der Waals surface area contributed by atoms with Gasteiger partial charge < -0.3 is 20.5 Å². The van der Waals surface area contributed by atoms with Crippen LogP contribution in [0.4, 0.5) is 5.69 Å². The second kappa shape index (κ2) is 7.96. The lowest BCUT2D eigenvalue weighted by Crippen LogP contribution is -2.30. The minimum absolute atomic E-state index is 0.123. The van der Waals surface area contributed by atoms with E-state index in [1.165, 1.54) is 20.1 Å². The van der Waals surface area contributed by atoms with Crippen molar-refractivity contribution in [3.05, 3.63) is 59.7 Å². The summed E-state index contributed by atoms with van der Waals surface area (Å²) in [6.07, 6.45) is -1.07. The lowest BCUT2D eigenvalue weighted by atomic mass is 10.1. The topological polar surface area (TPSA) is 108 Å². The van der Waals surface area contributed by atoms with Gasteiger partial charge in [-0.05, 0) is 43.3 Å². The van der Waals surface area contributed by atoms with Gasteiger partial charge in [0.25, 0.3) is 11.8 Å². The molecule has 0 aliphatic carbocycles. The van der Waals surface area contributed by atoms with Crippen molar-refractivity contribution >= 4 is 23.5 Å². The Morgan fingerprint density at radius 2 is 1.68 bits per heavy atom. The number of benzene rings is 2. The van der Waals surface area contributed by atoms with E-state index in [9.17, 15) is 14.4 Å². The number of nitrogens with two attached hydrogens (primary N) is 1. The summed E-state index contributed by atoms with van der Waals surface area (Å²) in [5, 5.41) is 2.65. The molecule has 130 valence electrons. The highest BCUT2D eigenvalue weighted by molar-refractivity contribution is 6.08. The third-order valence-corrected chi connectivity index (χ3v) is 3.43. The van der Waals surface area contributed by atoms with Crippen LogP contribution in [0.25, 0.3) is 0 Å². The molecule has 0 heterocycles. The molecular weight excluding hydrogens is 324 g/mol. The van der Waals surface area contributed by atoms with Gasteiger partial charge in [0.1, 0.15) is 5.75 Å². The molecule has 0 spiro atoms. The molecule has 25 heavy (non-hydrogen) atoms. The lowest BCUT2D eigenvalue weighted by Gasteiger charge is -2.13. The molecular formula is C18H18N2O5. The predicted molar refractivity (Wildman–Crippen MR) is 91.5 cm³/mol. The molecule has 0 radical (unpaired) electrons. The highest BCUT2D eigenvalue weighted by Gasteiger charge is 2.19. The minimum Gasteiger partial charge on any atom is -0.497 e. The van der Waals surface area contributed by atoms with Gasteiger partial charge in [0.15, 0.2) is 6.10 Å². The van der Waals surface area contributed by atoms with Crippen LogP contribution in [0.5, 0.6) is 5.75 Å². The van der Waals surface area contributed by atoms with Gasteiger partial charge >= 0.3 is 5.97 Å². The number of hydrogen-bond donors (Lipinski definition) is 2. The molecule has 2 aromatic carbocycles. The second-order valence-corrected chi connectivity index (χ2v) is 5.18. The number of carbonyl (C=O) groups excluding carboxylic acids is 3. The maximum Gasteiger partial charge on any atom is 0.341 e. The maximum atomic E-state index is 12.3. The average Bonchev–Trinajstić information content (AvgIpc) is 2.62. The lowest BCUT2D eigenvalue weighted by molar-refractivity contribution is -0.125. The summed E-state index contributed by atoms with van der Waals surface area (Å²) in [6, 6.07) is 12.8. The summed E-state index contributed by atoms with van der Waals surface area (Å²) in [4.78, 5) is 35.6. The highest BCUT2D eigenvalue weighted by atomic mass is 16.5. The van der Waals surface area contributed by atoms with Crippen molar-refractivity contribution in [1.82, 2.24) is 0 Å². The smallest absolute Gasteiger partial charge is 0.341 e. The van der Waals surface area contributed by atoms with Crippen LogP contribution in [0.2, 0.25) is 0 Å². The zero-order valence-corrected chi connectivity index (χ0v) is 13.8. The van der Waals surface area contributed by atoms with E-state index in [-0.39, 0.29) is 11.3 Å². The van der Waals surface area contributed by atoms with Crippen LogP contribution >= 0.6 is 0 Å². The first-order valence-corrected chi connectivity index (χ1v) is 7.47. The van der Waals surface area contributed by atoms with Crippen LogP contribution in [0.3, 0.4) is 0 Å². The van der Waals surface area contributed by atoms with Gasteiger partial charge in [-0.3, -0.25) is 9.59 Å². The zero-order chi connectivity index (χ0) is 18.4. The van der Waals surface area contributed by atoms with Gasteiger partial charge in [-0.1, -0.05) is 12.1 Å². The summed E-state index contributed by atoms with van der Waals surface area (Å²) in [5.41, 5.74) is 5.87. The fraction of sp³-hybridized carbons (Fsp3) is 0.167. The number of ether oxygens (including phenoxy) is 2. The fourth-order valence-electron chi connectivity index (χ4n) is 1.99. The van der Waals surface area contributed by atoms with Gasteiger partial charge in [0.2, 0.25) is 0 Å². The molecule has 0 fully saturated rings. The summed E-state index contributed by atoms with van der Waals surface area (Å²) < 4.78 is 10.0. The van der Waals surface area contributed by atoms with E-state index in [2.05, 4.69) is 5.32 Å². The number of carbonyl (C=O) groups is 3. The molecule has 0 aliphatic heterocycles. The van der Waals surface area contributed by atoms with E-state index in [0.29, 0.717) is 11.3 Å². The normalized spacial score (nSPS) is 11.3. The van der Waals surface area contributed by atoms with E-state index in [1.807, 2.05) is 0 Å². The number of nitrogens with one attached hydrogen (secondary N) is 1. The number of para-hydroxylation sites is 1. The molecule has 0 aromatic heterocycles. The monoisotopic (exact) mass is 342 g/mol. The van der Waals surface area contributed by atoms with E-state index in [1.54, 1.807) is 42.5 Å². The molecule has 0 saturated carbocycles. The Balaban J connectivity index is 2.18. The zero-order valence-electron chi connectivity index (χ0n) is 13.8. The fourth-order valence-corrected chi connectivity index (χ4v) is 1.99. The third-order valence-electron chi connectivity index (χ3n) is 3.43. The molecule has 0 saturated heterocycles. The molecule has 2 rings (SSSR count). The number of rotatable bonds is 6. The Labute approximate surface area is 144 Å². The van der Waals surface area contributed by atoms with E-state index in [4.69, 9.17) is 15.2 Å². The number of methoxy groups -OCH3 is 1. The molecule has 0 bridgehead atoms. The van der Waals surface area contributed by atoms with Gasteiger partial charge in [-0.15, -0.1) is 0 Å². The Hall–Kier alpha value is -3.35. The summed E-state index contributed by atoms with van der Waals surface area (Å²) in [7, 11) is 1.53. The number of hydrogen-bond acceptors (Lipinski definition) is 5.